The maximum atomic E-state index is 13.1. The fourth-order valence-corrected chi connectivity index (χ4v) is 1.74. The van der Waals surface area contributed by atoms with E-state index in [1.54, 1.807) is 0 Å². The zero-order valence-electron chi connectivity index (χ0n) is 8.77. The molecule has 0 atom stereocenters. The van der Waals surface area contributed by atoms with Crippen molar-refractivity contribution in [3.8, 4) is 0 Å². The van der Waals surface area contributed by atoms with Crippen molar-refractivity contribution in [1.82, 2.24) is 4.90 Å². The summed E-state index contributed by atoms with van der Waals surface area (Å²) < 4.78 is 35.2. The number of halogens is 1. The van der Waals surface area contributed by atoms with Crippen molar-refractivity contribution in [3.63, 3.8) is 0 Å². The van der Waals surface area contributed by atoms with Crippen LogP contribution in [0.25, 0.3) is 0 Å². The highest BCUT2D eigenvalue weighted by atomic mass is 32.2. The van der Waals surface area contributed by atoms with Crippen LogP contribution >= 0.6 is 0 Å². The largest absolute Gasteiger partial charge is 0.345 e. The van der Waals surface area contributed by atoms with Crippen molar-refractivity contribution in [2.45, 2.75) is 4.90 Å². The van der Waals surface area contributed by atoms with E-state index in [-0.39, 0.29) is 5.56 Å². The predicted molar refractivity (Wildman–Crippen MR) is 55.8 cm³/mol. The normalized spacial score (nSPS) is 11.2. The molecule has 88 valence electrons. The number of sulfonamides is 1. The third-order valence-electron chi connectivity index (χ3n) is 1.89. The molecule has 0 saturated heterocycles. The maximum Gasteiger partial charge on any atom is 0.253 e. The molecule has 7 heteroatoms. The highest BCUT2D eigenvalue weighted by Gasteiger charge is 2.17. The number of nitrogens with zero attached hydrogens (tertiary/aromatic N) is 1. The summed E-state index contributed by atoms with van der Waals surface area (Å²) in [5.41, 5.74) is 0.0652. The number of carbonyl (C=O) groups is 1. The summed E-state index contributed by atoms with van der Waals surface area (Å²) in [5, 5.41) is 4.81. The van der Waals surface area contributed by atoms with Gasteiger partial charge in [0.05, 0.1) is 0 Å². The van der Waals surface area contributed by atoms with E-state index in [1.807, 2.05) is 0 Å². The number of primary sulfonamides is 1. The van der Waals surface area contributed by atoms with E-state index in [0.29, 0.717) is 0 Å². The molecule has 2 N–H and O–H groups in total. The van der Waals surface area contributed by atoms with Crippen LogP contribution in [0.2, 0.25) is 0 Å². The summed E-state index contributed by atoms with van der Waals surface area (Å²) in [4.78, 5) is 12.1. The molecule has 0 aromatic heterocycles. The quantitative estimate of drug-likeness (QED) is 0.808. The van der Waals surface area contributed by atoms with Crippen LogP contribution in [0, 0.1) is 5.82 Å². The summed E-state index contributed by atoms with van der Waals surface area (Å²) in [5.74, 6) is -1.40. The van der Waals surface area contributed by atoms with Crippen molar-refractivity contribution < 1.29 is 17.6 Å². The van der Waals surface area contributed by atoms with Gasteiger partial charge in [0, 0.05) is 19.7 Å². The Kier molecular flexibility index (Phi) is 3.30. The molecule has 5 nitrogen and oxygen atoms in total. The Bertz CT molecular complexity index is 526. The van der Waals surface area contributed by atoms with Crippen LogP contribution in [0.5, 0.6) is 0 Å². The van der Waals surface area contributed by atoms with E-state index in [0.717, 1.165) is 12.1 Å². The van der Waals surface area contributed by atoms with Crippen LogP contribution in [0.4, 0.5) is 4.39 Å². The highest BCUT2D eigenvalue weighted by Crippen LogP contribution is 2.15. The van der Waals surface area contributed by atoms with E-state index in [4.69, 9.17) is 5.14 Å². The van der Waals surface area contributed by atoms with Crippen molar-refractivity contribution in [2.75, 3.05) is 14.1 Å². The first kappa shape index (κ1) is 12.6. The second-order valence-electron chi connectivity index (χ2n) is 3.39. The molecule has 0 fully saturated rings. The van der Waals surface area contributed by atoms with Crippen LogP contribution in [-0.4, -0.2) is 33.3 Å². The smallest absolute Gasteiger partial charge is 0.253 e. The Morgan fingerprint density at radius 2 is 1.94 bits per heavy atom. The summed E-state index contributed by atoms with van der Waals surface area (Å²) in [6.45, 7) is 0. The molecular weight excluding hydrogens is 235 g/mol. The maximum absolute atomic E-state index is 13.1. The van der Waals surface area contributed by atoms with Gasteiger partial charge in [0.1, 0.15) is 10.7 Å². The summed E-state index contributed by atoms with van der Waals surface area (Å²) in [6.07, 6.45) is 0. The Morgan fingerprint density at radius 3 is 2.38 bits per heavy atom. The van der Waals surface area contributed by atoms with Gasteiger partial charge < -0.3 is 4.90 Å². The minimum atomic E-state index is -4.16. The molecule has 1 aromatic carbocycles. The minimum absolute atomic E-state index is 0.0652. The molecule has 1 aromatic rings. The lowest BCUT2D eigenvalue weighted by Gasteiger charge is -2.11. The number of benzene rings is 1. The Hall–Kier alpha value is -1.47. The van der Waals surface area contributed by atoms with E-state index in [2.05, 4.69) is 0 Å². The summed E-state index contributed by atoms with van der Waals surface area (Å²) >= 11 is 0. The van der Waals surface area contributed by atoms with E-state index >= 15 is 0 Å². The Labute approximate surface area is 92.7 Å². The molecule has 0 radical (unpaired) electrons. The molecule has 0 aliphatic heterocycles. The van der Waals surface area contributed by atoms with Gasteiger partial charge in [0.15, 0.2) is 0 Å². The lowest BCUT2D eigenvalue weighted by Crippen LogP contribution is -2.22. The second-order valence-corrected chi connectivity index (χ2v) is 4.92. The van der Waals surface area contributed by atoms with E-state index < -0.39 is 26.6 Å². The topological polar surface area (TPSA) is 80.5 Å². The zero-order chi connectivity index (χ0) is 12.5. The molecule has 0 bridgehead atoms. The molecule has 16 heavy (non-hydrogen) atoms. The minimum Gasteiger partial charge on any atom is -0.345 e. The van der Waals surface area contributed by atoms with Gasteiger partial charge in [0.25, 0.3) is 5.91 Å². The van der Waals surface area contributed by atoms with E-state index in [1.165, 1.54) is 25.1 Å². The van der Waals surface area contributed by atoms with Gasteiger partial charge in [-0.15, -0.1) is 0 Å². The molecule has 0 heterocycles. The fraction of sp³-hybridized carbons (Fsp3) is 0.222. The molecule has 1 rings (SSSR count). The van der Waals surface area contributed by atoms with E-state index in [9.17, 15) is 17.6 Å². The van der Waals surface area contributed by atoms with Crippen LogP contribution in [0.1, 0.15) is 10.4 Å². The Balaban J connectivity index is 3.34. The summed E-state index contributed by atoms with van der Waals surface area (Å²) in [6, 6.07) is 3.02. The summed E-state index contributed by atoms with van der Waals surface area (Å²) in [7, 11) is -1.16. The van der Waals surface area contributed by atoms with Gasteiger partial charge in [-0.05, 0) is 18.2 Å². The monoisotopic (exact) mass is 246 g/mol. The van der Waals surface area contributed by atoms with Gasteiger partial charge >= 0.3 is 0 Å². The average Bonchev–Trinajstić information content (AvgIpc) is 2.15. The third-order valence-corrected chi connectivity index (χ3v) is 2.82. The first-order valence-corrected chi connectivity index (χ1v) is 5.82. The van der Waals surface area contributed by atoms with Crippen molar-refractivity contribution >= 4 is 15.9 Å². The molecule has 0 aliphatic carbocycles. The third kappa shape index (κ3) is 2.56. The van der Waals surface area contributed by atoms with Crippen LogP contribution < -0.4 is 5.14 Å². The van der Waals surface area contributed by atoms with Gasteiger partial charge in [-0.2, -0.15) is 0 Å². The Morgan fingerprint density at radius 1 is 1.38 bits per heavy atom. The number of hydrogen-bond acceptors (Lipinski definition) is 3. The van der Waals surface area contributed by atoms with Gasteiger partial charge in [-0.3, -0.25) is 4.79 Å². The standard InChI is InChI=1S/C9H11FN2O3S/c1-12(2)9(13)6-3-4-7(10)8(5-6)16(11,14)15/h3-5H,1-2H3,(H2,11,14,15). The average molecular weight is 246 g/mol. The van der Waals surface area contributed by atoms with Gasteiger partial charge in [-0.1, -0.05) is 0 Å². The zero-order valence-corrected chi connectivity index (χ0v) is 9.58. The number of amides is 1. The van der Waals surface area contributed by atoms with Gasteiger partial charge in [0.2, 0.25) is 10.0 Å². The first-order valence-electron chi connectivity index (χ1n) is 4.27. The molecule has 0 unspecified atom stereocenters. The molecule has 0 spiro atoms. The van der Waals surface area contributed by atoms with Crippen LogP contribution in [0.15, 0.2) is 23.1 Å². The lowest BCUT2D eigenvalue weighted by atomic mass is 10.2. The lowest BCUT2D eigenvalue weighted by molar-refractivity contribution is 0.0827. The molecule has 0 saturated carbocycles. The number of carbonyl (C=O) groups excluding carboxylic acids is 1. The predicted octanol–water partition coefficient (Wildman–Crippen LogP) is 0.175. The molecule has 0 aliphatic rings. The molecular formula is C9H11FN2O3S. The van der Waals surface area contributed by atoms with Crippen LogP contribution in [0.3, 0.4) is 0 Å². The first-order chi connectivity index (χ1) is 7.23. The van der Waals surface area contributed by atoms with Gasteiger partial charge in [-0.25, -0.2) is 17.9 Å². The van der Waals surface area contributed by atoms with Crippen LogP contribution in [-0.2, 0) is 10.0 Å². The van der Waals surface area contributed by atoms with Crippen molar-refractivity contribution in [3.05, 3.63) is 29.6 Å². The van der Waals surface area contributed by atoms with Crippen molar-refractivity contribution in [2.24, 2.45) is 5.14 Å². The number of rotatable bonds is 2. The second kappa shape index (κ2) is 4.18. The van der Waals surface area contributed by atoms with Crippen molar-refractivity contribution in [1.29, 1.82) is 0 Å². The highest BCUT2D eigenvalue weighted by molar-refractivity contribution is 7.89. The molecule has 1 amide bonds. The fourth-order valence-electron chi connectivity index (χ4n) is 1.11. The SMILES string of the molecule is CN(C)C(=O)c1ccc(F)c(S(N)(=O)=O)c1. The number of hydrogen-bond donors (Lipinski definition) is 1. The number of nitrogens with two attached hydrogens (primary N) is 1.